The minimum absolute atomic E-state index is 0.0556. The van der Waals surface area contributed by atoms with Crippen LogP contribution in [0.2, 0.25) is 0 Å². The van der Waals surface area contributed by atoms with Crippen LogP contribution in [0.1, 0.15) is 86.3 Å². The number of carbonyl (C=O) groups excluding carboxylic acids is 1. The molecular formula is C22H30N2O3S. The number of hydrogen-bond donors (Lipinski definition) is 2. The molecule has 3 N–H and O–H groups in total. The van der Waals surface area contributed by atoms with Gasteiger partial charge in [-0.25, -0.2) is 8.42 Å². The maximum Gasteiger partial charge on any atom is 0.262 e. The lowest BCUT2D eigenvalue weighted by molar-refractivity contribution is 0.100. The van der Waals surface area contributed by atoms with E-state index < -0.39 is 15.9 Å². The van der Waals surface area contributed by atoms with E-state index in [1.54, 1.807) is 12.1 Å². The molecule has 5 nitrogen and oxygen atoms in total. The van der Waals surface area contributed by atoms with Crippen LogP contribution in [0.3, 0.4) is 0 Å². The normalized spacial score (nSPS) is 12.0. The topological polar surface area (TPSA) is 89.3 Å². The molecule has 0 bridgehead atoms. The molecule has 152 valence electrons. The van der Waals surface area contributed by atoms with Crippen LogP contribution in [0.15, 0.2) is 41.3 Å². The molecule has 0 aromatic heterocycles. The molecule has 0 spiro atoms. The summed E-state index contributed by atoms with van der Waals surface area (Å²) in [5.74, 6) is -0.135. The fourth-order valence-corrected chi connectivity index (χ4v) is 4.87. The molecule has 28 heavy (non-hydrogen) atoms. The van der Waals surface area contributed by atoms with Crippen molar-refractivity contribution in [2.24, 2.45) is 5.73 Å². The number of sulfonamides is 1. The Balaban J connectivity index is 2.61. The van der Waals surface area contributed by atoms with Gasteiger partial charge in [0.15, 0.2) is 0 Å². The molecule has 2 aromatic carbocycles. The van der Waals surface area contributed by atoms with E-state index in [0.29, 0.717) is 22.1 Å². The lowest BCUT2D eigenvalue weighted by Crippen LogP contribution is -2.19. The van der Waals surface area contributed by atoms with Gasteiger partial charge in [-0.3, -0.25) is 9.52 Å². The highest BCUT2D eigenvalue weighted by Gasteiger charge is 2.27. The van der Waals surface area contributed by atoms with E-state index in [2.05, 4.69) is 18.6 Å². The largest absolute Gasteiger partial charge is 0.366 e. The van der Waals surface area contributed by atoms with Gasteiger partial charge < -0.3 is 5.73 Å². The Bertz CT molecular complexity index is 931. The summed E-state index contributed by atoms with van der Waals surface area (Å²) < 4.78 is 29.4. The van der Waals surface area contributed by atoms with Crippen LogP contribution in [0.5, 0.6) is 0 Å². The summed E-state index contributed by atoms with van der Waals surface area (Å²) in [5.41, 5.74) is 8.74. The van der Waals surface area contributed by atoms with E-state index in [0.717, 1.165) is 16.7 Å². The smallest absolute Gasteiger partial charge is 0.262 e. The lowest BCUT2D eigenvalue weighted by Gasteiger charge is -2.23. The number of nitrogens with one attached hydrogen (secondary N) is 1. The predicted octanol–water partition coefficient (Wildman–Crippen LogP) is 4.96. The second-order valence-corrected chi connectivity index (χ2v) is 9.66. The molecule has 0 aliphatic carbocycles. The van der Waals surface area contributed by atoms with Gasteiger partial charge in [-0.15, -0.1) is 0 Å². The van der Waals surface area contributed by atoms with Gasteiger partial charge in [0.2, 0.25) is 5.91 Å². The van der Waals surface area contributed by atoms with Crippen molar-refractivity contribution in [1.82, 2.24) is 0 Å². The van der Waals surface area contributed by atoms with Gasteiger partial charge in [0.05, 0.1) is 4.90 Å². The Kier molecular flexibility index (Phi) is 6.55. The molecule has 0 radical (unpaired) electrons. The highest BCUT2D eigenvalue weighted by atomic mass is 32.2. The summed E-state index contributed by atoms with van der Waals surface area (Å²) in [6, 6.07) is 10.1. The first-order chi connectivity index (χ1) is 12.9. The average Bonchev–Trinajstić information content (AvgIpc) is 2.60. The summed E-state index contributed by atoms with van der Waals surface area (Å²) in [4.78, 5) is 11.6. The van der Waals surface area contributed by atoms with Gasteiger partial charge in [0.25, 0.3) is 10.0 Å². The van der Waals surface area contributed by atoms with Gasteiger partial charge in [-0.05, 0) is 58.7 Å². The Hall–Kier alpha value is -2.34. The van der Waals surface area contributed by atoms with E-state index in [9.17, 15) is 13.2 Å². The summed E-state index contributed by atoms with van der Waals surface area (Å²) in [6.07, 6.45) is 0. The number of hydrogen-bond acceptors (Lipinski definition) is 3. The predicted molar refractivity (Wildman–Crippen MR) is 114 cm³/mol. The first kappa shape index (κ1) is 22.0. The lowest BCUT2D eigenvalue weighted by atomic mass is 9.89. The summed E-state index contributed by atoms with van der Waals surface area (Å²) >= 11 is 0. The Morgan fingerprint density at radius 2 is 1.32 bits per heavy atom. The van der Waals surface area contributed by atoms with E-state index in [1.165, 1.54) is 12.1 Å². The second kappa shape index (κ2) is 8.35. The fraction of sp³-hybridized carbons (Fsp3) is 0.409. The fourth-order valence-electron chi connectivity index (χ4n) is 3.11. The van der Waals surface area contributed by atoms with Crippen molar-refractivity contribution >= 4 is 21.6 Å². The van der Waals surface area contributed by atoms with Gasteiger partial charge in [0.1, 0.15) is 0 Å². The van der Waals surface area contributed by atoms with Crippen LogP contribution in [-0.2, 0) is 10.0 Å². The maximum atomic E-state index is 13.3. The van der Waals surface area contributed by atoms with Gasteiger partial charge >= 0.3 is 0 Å². The Morgan fingerprint density at radius 1 is 0.857 bits per heavy atom. The molecule has 2 rings (SSSR count). The van der Waals surface area contributed by atoms with Crippen molar-refractivity contribution in [1.29, 1.82) is 0 Å². The van der Waals surface area contributed by atoms with Crippen LogP contribution in [0.25, 0.3) is 0 Å². The zero-order valence-electron chi connectivity index (χ0n) is 17.4. The molecular weight excluding hydrogens is 372 g/mol. The van der Waals surface area contributed by atoms with Crippen LogP contribution in [-0.4, -0.2) is 14.3 Å². The van der Waals surface area contributed by atoms with Crippen LogP contribution >= 0.6 is 0 Å². The van der Waals surface area contributed by atoms with E-state index in [1.807, 2.05) is 39.8 Å². The molecule has 0 heterocycles. The number of anilines is 1. The van der Waals surface area contributed by atoms with Crippen LogP contribution < -0.4 is 10.5 Å². The molecule has 0 aliphatic heterocycles. The van der Waals surface area contributed by atoms with E-state index in [4.69, 9.17) is 5.73 Å². The highest BCUT2D eigenvalue weighted by molar-refractivity contribution is 7.92. The number of primary amides is 1. The molecule has 2 aromatic rings. The molecule has 0 saturated carbocycles. The highest BCUT2D eigenvalue weighted by Crippen LogP contribution is 2.36. The number of rotatable bonds is 7. The maximum absolute atomic E-state index is 13.3. The van der Waals surface area contributed by atoms with Crippen molar-refractivity contribution in [2.45, 2.75) is 64.2 Å². The van der Waals surface area contributed by atoms with Crippen molar-refractivity contribution in [2.75, 3.05) is 4.72 Å². The third-order valence-electron chi connectivity index (χ3n) is 4.77. The molecule has 0 aliphatic rings. The van der Waals surface area contributed by atoms with E-state index in [-0.39, 0.29) is 11.8 Å². The molecule has 6 heteroatoms. The average molecular weight is 403 g/mol. The van der Waals surface area contributed by atoms with Crippen LogP contribution in [0, 0.1) is 0 Å². The van der Waals surface area contributed by atoms with Crippen molar-refractivity contribution in [3.05, 3.63) is 58.7 Å². The van der Waals surface area contributed by atoms with Crippen LogP contribution in [0.4, 0.5) is 5.69 Å². The molecule has 0 unspecified atom stereocenters. The first-order valence-corrected chi connectivity index (χ1v) is 11.0. The Labute approximate surface area is 168 Å². The Morgan fingerprint density at radius 3 is 1.68 bits per heavy atom. The van der Waals surface area contributed by atoms with Gasteiger partial charge in [0, 0.05) is 11.3 Å². The van der Waals surface area contributed by atoms with Gasteiger partial charge in [-0.2, -0.15) is 0 Å². The molecule has 1 amide bonds. The number of benzene rings is 2. The first-order valence-electron chi connectivity index (χ1n) is 9.54. The standard InChI is InChI=1S/C22H30N2O3S/c1-13(2)17-11-19(14(3)4)21(20(12-17)15(5)6)28(26,27)24-18-9-7-16(8-10-18)22(23)25/h7-15,24H,1-6H3,(H2,23,25). The number of amides is 1. The third kappa shape index (κ3) is 4.73. The zero-order chi connectivity index (χ0) is 21.2. The molecule has 0 saturated heterocycles. The minimum Gasteiger partial charge on any atom is -0.366 e. The SMILES string of the molecule is CC(C)c1cc(C(C)C)c(S(=O)(=O)Nc2ccc(C(N)=O)cc2)c(C(C)C)c1. The van der Waals surface area contributed by atoms with E-state index >= 15 is 0 Å². The quantitative estimate of drug-likeness (QED) is 0.686. The third-order valence-corrected chi connectivity index (χ3v) is 6.28. The minimum atomic E-state index is -3.81. The number of carbonyl (C=O) groups is 1. The molecule has 0 atom stereocenters. The van der Waals surface area contributed by atoms with Crippen molar-refractivity contribution < 1.29 is 13.2 Å². The summed E-state index contributed by atoms with van der Waals surface area (Å²) in [6.45, 7) is 12.2. The second-order valence-electron chi connectivity index (χ2n) is 8.04. The summed E-state index contributed by atoms with van der Waals surface area (Å²) in [5, 5.41) is 0. The zero-order valence-corrected chi connectivity index (χ0v) is 18.2. The van der Waals surface area contributed by atoms with Gasteiger partial charge in [-0.1, -0.05) is 53.7 Å². The van der Waals surface area contributed by atoms with Crippen molar-refractivity contribution in [3.8, 4) is 0 Å². The number of nitrogens with two attached hydrogens (primary N) is 1. The monoisotopic (exact) mass is 402 g/mol. The molecule has 0 fully saturated rings. The summed E-state index contributed by atoms with van der Waals surface area (Å²) in [7, 11) is -3.81. The van der Waals surface area contributed by atoms with Crippen molar-refractivity contribution in [3.63, 3.8) is 0 Å².